The topological polar surface area (TPSA) is 83.2 Å². The van der Waals surface area contributed by atoms with Crippen molar-refractivity contribution >= 4 is 28.8 Å². The number of hydrogen-bond acceptors (Lipinski definition) is 6. The first kappa shape index (κ1) is 18.3. The molecule has 7 nitrogen and oxygen atoms in total. The molecule has 0 aromatic carbocycles. The summed E-state index contributed by atoms with van der Waals surface area (Å²) >= 11 is 1.30. The zero-order valence-corrected chi connectivity index (χ0v) is 15.3. The third-order valence-corrected chi connectivity index (χ3v) is 5.48. The van der Waals surface area contributed by atoms with Crippen molar-refractivity contribution in [3.8, 4) is 0 Å². The zero-order valence-electron chi connectivity index (χ0n) is 14.5. The summed E-state index contributed by atoms with van der Waals surface area (Å²) in [6, 6.07) is 0. The standard InChI is InChI=1S/C16H21N3O4S/c1-6-9-8-17-13-11(14(20)19(4)16(22)18(13)3)12(9)24-10(7-2)15(21)23-5/h8,10H,6-7H2,1-5H3/t10-/m0/s1. The maximum atomic E-state index is 12.7. The Morgan fingerprint density at radius 2 is 1.96 bits per heavy atom. The van der Waals surface area contributed by atoms with Crippen molar-refractivity contribution in [1.82, 2.24) is 14.1 Å². The number of ether oxygens (including phenoxy) is 1. The fourth-order valence-corrected chi connectivity index (χ4v) is 3.79. The summed E-state index contributed by atoms with van der Waals surface area (Å²) in [5.41, 5.74) is 0.353. The summed E-state index contributed by atoms with van der Waals surface area (Å²) < 4.78 is 7.25. The van der Waals surface area contributed by atoms with Gasteiger partial charge in [0.2, 0.25) is 0 Å². The van der Waals surface area contributed by atoms with E-state index in [2.05, 4.69) is 4.98 Å². The Morgan fingerprint density at radius 3 is 2.50 bits per heavy atom. The maximum Gasteiger partial charge on any atom is 0.332 e. The molecule has 1 atom stereocenters. The van der Waals surface area contributed by atoms with Gasteiger partial charge >= 0.3 is 11.7 Å². The van der Waals surface area contributed by atoms with Gasteiger partial charge in [0, 0.05) is 25.2 Å². The van der Waals surface area contributed by atoms with E-state index < -0.39 is 16.5 Å². The molecular weight excluding hydrogens is 330 g/mol. The molecule has 0 N–H and O–H groups in total. The lowest BCUT2D eigenvalue weighted by atomic mass is 10.2. The number of aromatic nitrogens is 3. The minimum absolute atomic E-state index is 0.322. The average Bonchev–Trinajstić information content (AvgIpc) is 2.61. The molecule has 0 amide bonds. The highest BCUT2D eigenvalue weighted by atomic mass is 32.2. The van der Waals surface area contributed by atoms with Crippen LogP contribution >= 0.6 is 11.8 Å². The van der Waals surface area contributed by atoms with Crippen LogP contribution in [0.4, 0.5) is 0 Å². The van der Waals surface area contributed by atoms with Crippen LogP contribution in [0.25, 0.3) is 11.0 Å². The van der Waals surface area contributed by atoms with Gasteiger partial charge in [-0.2, -0.15) is 0 Å². The van der Waals surface area contributed by atoms with Crippen LogP contribution < -0.4 is 11.2 Å². The molecule has 130 valence electrons. The van der Waals surface area contributed by atoms with Crippen molar-refractivity contribution in [2.24, 2.45) is 14.1 Å². The van der Waals surface area contributed by atoms with Gasteiger partial charge in [-0.1, -0.05) is 13.8 Å². The predicted molar refractivity (Wildman–Crippen MR) is 93.6 cm³/mol. The molecule has 2 heterocycles. The normalized spacial score (nSPS) is 12.4. The minimum atomic E-state index is -0.430. The Hall–Kier alpha value is -2.09. The highest BCUT2D eigenvalue weighted by Gasteiger charge is 2.24. The van der Waals surface area contributed by atoms with Gasteiger partial charge in [-0.15, -0.1) is 11.8 Å². The summed E-state index contributed by atoms with van der Waals surface area (Å²) in [6.45, 7) is 3.84. The lowest BCUT2D eigenvalue weighted by molar-refractivity contribution is -0.140. The van der Waals surface area contributed by atoms with Gasteiger partial charge < -0.3 is 4.74 Å². The van der Waals surface area contributed by atoms with Gasteiger partial charge in [-0.3, -0.25) is 18.7 Å². The predicted octanol–water partition coefficient (Wildman–Crippen LogP) is 1.24. The zero-order chi connectivity index (χ0) is 18.0. The second kappa shape index (κ2) is 7.21. The van der Waals surface area contributed by atoms with Crippen molar-refractivity contribution in [2.75, 3.05) is 7.11 Å². The van der Waals surface area contributed by atoms with Crippen LogP contribution in [0.1, 0.15) is 25.8 Å². The first-order valence-corrected chi connectivity index (χ1v) is 8.57. The van der Waals surface area contributed by atoms with Crippen LogP contribution in [0.2, 0.25) is 0 Å². The molecule has 0 spiro atoms. The van der Waals surface area contributed by atoms with E-state index in [-0.39, 0.29) is 5.97 Å². The fourth-order valence-electron chi connectivity index (χ4n) is 2.50. The van der Waals surface area contributed by atoms with Crippen LogP contribution in [0.5, 0.6) is 0 Å². The van der Waals surface area contributed by atoms with E-state index in [1.807, 2.05) is 13.8 Å². The van der Waals surface area contributed by atoms with Crippen molar-refractivity contribution in [3.63, 3.8) is 0 Å². The number of methoxy groups -OCH3 is 1. The second-order valence-electron chi connectivity index (χ2n) is 5.41. The summed E-state index contributed by atoms with van der Waals surface area (Å²) in [6.07, 6.45) is 2.89. The largest absolute Gasteiger partial charge is 0.468 e. The van der Waals surface area contributed by atoms with E-state index in [9.17, 15) is 14.4 Å². The number of carbonyl (C=O) groups is 1. The fraction of sp³-hybridized carbons (Fsp3) is 0.500. The molecule has 0 saturated heterocycles. The van der Waals surface area contributed by atoms with Crippen LogP contribution in [0.3, 0.4) is 0 Å². The number of carbonyl (C=O) groups excluding carboxylic acids is 1. The van der Waals surface area contributed by atoms with Crippen LogP contribution in [-0.2, 0) is 30.0 Å². The van der Waals surface area contributed by atoms with Crippen molar-refractivity contribution < 1.29 is 9.53 Å². The van der Waals surface area contributed by atoms with Gasteiger partial charge in [0.15, 0.2) is 0 Å². The molecule has 2 rings (SSSR count). The third kappa shape index (κ3) is 2.98. The number of fused-ring (bicyclic) bond motifs is 1. The molecule has 2 aromatic heterocycles. The van der Waals surface area contributed by atoms with Crippen LogP contribution in [0.15, 0.2) is 20.7 Å². The molecule has 0 aliphatic carbocycles. The number of aryl methyl sites for hydroxylation is 2. The van der Waals surface area contributed by atoms with Gasteiger partial charge in [-0.25, -0.2) is 9.78 Å². The average molecular weight is 351 g/mol. The molecule has 0 saturated carbocycles. The highest BCUT2D eigenvalue weighted by Crippen LogP contribution is 2.33. The van der Waals surface area contributed by atoms with E-state index in [4.69, 9.17) is 4.74 Å². The molecule has 0 aliphatic rings. The minimum Gasteiger partial charge on any atom is -0.468 e. The monoisotopic (exact) mass is 351 g/mol. The Balaban J connectivity index is 2.82. The highest BCUT2D eigenvalue weighted by molar-refractivity contribution is 8.00. The molecule has 24 heavy (non-hydrogen) atoms. The molecule has 2 aromatic rings. The second-order valence-corrected chi connectivity index (χ2v) is 6.62. The molecule has 0 fully saturated rings. The first-order chi connectivity index (χ1) is 11.4. The Morgan fingerprint density at radius 1 is 1.29 bits per heavy atom. The summed E-state index contributed by atoms with van der Waals surface area (Å²) in [5.74, 6) is -0.337. The molecule has 8 heteroatoms. The smallest absolute Gasteiger partial charge is 0.332 e. The van der Waals surface area contributed by atoms with Crippen molar-refractivity contribution in [2.45, 2.75) is 36.8 Å². The van der Waals surface area contributed by atoms with E-state index in [1.165, 1.54) is 30.5 Å². The van der Waals surface area contributed by atoms with Gasteiger partial charge in [0.05, 0.1) is 12.5 Å². The maximum absolute atomic E-state index is 12.7. The Labute approximate surface area is 143 Å². The molecule has 0 bridgehead atoms. The molecule has 0 radical (unpaired) electrons. The lowest BCUT2D eigenvalue weighted by Gasteiger charge is -2.17. The number of esters is 1. The Kier molecular flexibility index (Phi) is 5.48. The van der Waals surface area contributed by atoms with Crippen LogP contribution in [-0.4, -0.2) is 32.4 Å². The molecular formula is C16H21N3O4S. The SMILES string of the molecule is CCc1cnc2c(c1S[C@@H](CC)C(=O)OC)c(=O)n(C)c(=O)n2C. The van der Waals surface area contributed by atoms with E-state index in [1.54, 1.807) is 13.2 Å². The van der Waals surface area contributed by atoms with Crippen molar-refractivity contribution in [3.05, 3.63) is 32.6 Å². The summed E-state index contributed by atoms with van der Waals surface area (Å²) in [5, 5.41) is -0.0563. The van der Waals surface area contributed by atoms with Gasteiger partial charge in [0.25, 0.3) is 5.56 Å². The Bertz CT molecular complexity index is 901. The number of pyridine rings is 1. The molecule has 0 unspecified atom stereocenters. The number of hydrogen-bond donors (Lipinski definition) is 0. The van der Waals surface area contributed by atoms with E-state index in [0.717, 1.165) is 10.1 Å². The number of nitrogens with zero attached hydrogens (tertiary/aromatic N) is 3. The lowest BCUT2D eigenvalue weighted by Crippen LogP contribution is -2.37. The van der Waals surface area contributed by atoms with Gasteiger partial charge in [-0.05, 0) is 18.4 Å². The third-order valence-electron chi connectivity index (χ3n) is 3.97. The quantitative estimate of drug-likeness (QED) is 0.595. The number of thioether (sulfide) groups is 1. The molecule has 0 aliphatic heterocycles. The van der Waals surface area contributed by atoms with Crippen LogP contribution in [0, 0.1) is 0 Å². The van der Waals surface area contributed by atoms with Gasteiger partial charge in [0.1, 0.15) is 10.9 Å². The summed E-state index contributed by atoms with van der Waals surface area (Å²) in [7, 11) is 4.36. The van der Waals surface area contributed by atoms with E-state index >= 15 is 0 Å². The van der Waals surface area contributed by atoms with Crippen molar-refractivity contribution in [1.29, 1.82) is 0 Å². The summed E-state index contributed by atoms with van der Waals surface area (Å²) in [4.78, 5) is 41.7. The number of rotatable bonds is 5. The first-order valence-electron chi connectivity index (χ1n) is 7.69. The van der Waals surface area contributed by atoms with E-state index in [0.29, 0.717) is 28.8 Å².